The Hall–Kier alpha value is -7.06. The fraction of sp³-hybridized carbons (Fsp3) is 0.0196. The third kappa shape index (κ3) is 4.81. The van der Waals surface area contributed by atoms with Crippen LogP contribution >= 0.6 is 22.7 Å². The fourth-order valence-corrected chi connectivity index (χ4v) is 11.1. The number of furan rings is 1. The molecule has 0 saturated heterocycles. The molecule has 0 spiro atoms. The van der Waals surface area contributed by atoms with Crippen LogP contribution in [0.25, 0.3) is 96.6 Å². The zero-order valence-corrected chi connectivity index (χ0v) is 32.4. The number of hydrogen-bond acceptors (Lipinski definition) is 7. The van der Waals surface area contributed by atoms with Crippen LogP contribution in [0.1, 0.15) is 17.2 Å². The minimum absolute atomic E-state index is 0.0288. The molecule has 12 aromatic rings. The Morgan fingerprint density at radius 2 is 1.10 bits per heavy atom. The van der Waals surface area contributed by atoms with Gasteiger partial charge in [0.15, 0.2) is 5.58 Å². The van der Waals surface area contributed by atoms with Crippen molar-refractivity contribution < 1.29 is 8.83 Å². The highest BCUT2D eigenvalue weighted by atomic mass is 32.1. The predicted octanol–water partition coefficient (Wildman–Crippen LogP) is 14.9. The smallest absolute Gasteiger partial charge is 0.227 e. The van der Waals surface area contributed by atoms with Gasteiger partial charge in [0, 0.05) is 59.5 Å². The van der Waals surface area contributed by atoms with Crippen LogP contribution in [0.15, 0.2) is 179 Å². The minimum Gasteiger partial charge on any atom is -0.456 e. The lowest BCUT2D eigenvalue weighted by molar-refractivity contribution is 0.620. The van der Waals surface area contributed by atoms with E-state index in [0.29, 0.717) is 5.89 Å². The number of aromatic nitrogens is 2. The normalized spacial score (nSPS) is 12.8. The maximum atomic E-state index is 6.79. The summed E-state index contributed by atoms with van der Waals surface area (Å²) in [6.07, 6.45) is 0. The van der Waals surface area contributed by atoms with Gasteiger partial charge in [0.1, 0.15) is 21.7 Å². The molecule has 0 fully saturated rings. The van der Waals surface area contributed by atoms with Crippen molar-refractivity contribution in [2.45, 2.75) is 6.04 Å². The molecule has 272 valence electrons. The van der Waals surface area contributed by atoms with E-state index >= 15 is 0 Å². The van der Waals surface area contributed by atoms with Crippen molar-refractivity contribution in [3.05, 3.63) is 181 Å². The first-order chi connectivity index (χ1) is 28.7. The highest BCUT2D eigenvalue weighted by Crippen LogP contribution is 2.51. The lowest BCUT2D eigenvalue weighted by Crippen LogP contribution is -2.23. The van der Waals surface area contributed by atoms with Crippen LogP contribution in [-0.2, 0) is 0 Å². The lowest BCUT2D eigenvalue weighted by Gasteiger charge is -2.33. The first-order valence-corrected chi connectivity index (χ1v) is 21.0. The molecule has 1 aliphatic rings. The van der Waals surface area contributed by atoms with Crippen molar-refractivity contribution in [2.24, 2.45) is 0 Å². The average Bonchev–Trinajstić information content (AvgIpc) is 4.10. The molecule has 0 amide bonds. The van der Waals surface area contributed by atoms with Crippen LogP contribution in [-0.4, -0.2) is 9.97 Å². The topological polar surface area (TPSA) is 55.3 Å². The number of hydrogen-bond donors (Lipinski definition) is 0. The molecular formula is C51H29N3O2S2. The largest absolute Gasteiger partial charge is 0.456 e. The quantitative estimate of drug-likeness (QED) is 0.174. The summed E-state index contributed by atoms with van der Waals surface area (Å²) in [6.45, 7) is 0. The second-order valence-corrected chi connectivity index (χ2v) is 17.0. The van der Waals surface area contributed by atoms with Gasteiger partial charge in [-0.2, -0.15) is 0 Å². The Labute approximate surface area is 339 Å². The van der Waals surface area contributed by atoms with Crippen molar-refractivity contribution >= 4 is 97.5 Å². The average molecular weight is 780 g/mol. The molecule has 0 aliphatic heterocycles. The Morgan fingerprint density at radius 3 is 1.91 bits per heavy atom. The molecular weight excluding hydrogens is 751 g/mol. The van der Waals surface area contributed by atoms with Gasteiger partial charge in [0.25, 0.3) is 0 Å². The number of oxazole rings is 1. The molecule has 8 aromatic carbocycles. The van der Waals surface area contributed by atoms with Gasteiger partial charge in [-0.05, 0) is 107 Å². The van der Waals surface area contributed by atoms with Gasteiger partial charge in [0.2, 0.25) is 5.89 Å². The van der Waals surface area contributed by atoms with Crippen LogP contribution in [0.2, 0.25) is 0 Å². The molecule has 4 aromatic heterocycles. The Bertz CT molecular complexity index is 3500. The van der Waals surface area contributed by atoms with Crippen LogP contribution < -0.4 is 4.90 Å². The summed E-state index contributed by atoms with van der Waals surface area (Å²) in [5, 5.41) is 5.62. The first-order valence-electron chi connectivity index (χ1n) is 19.3. The van der Waals surface area contributed by atoms with Crippen LogP contribution in [0.5, 0.6) is 0 Å². The molecule has 5 nitrogen and oxygen atoms in total. The molecule has 13 rings (SSSR count). The third-order valence-electron chi connectivity index (χ3n) is 11.6. The van der Waals surface area contributed by atoms with E-state index in [2.05, 4.69) is 144 Å². The molecule has 7 heteroatoms. The zero-order valence-electron chi connectivity index (χ0n) is 30.7. The third-order valence-corrected chi connectivity index (χ3v) is 13.8. The molecule has 0 unspecified atom stereocenters. The van der Waals surface area contributed by atoms with E-state index in [-0.39, 0.29) is 6.04 Å². The predicted molar refractivity (Wildman–Crippen MR) is 241 cm³/mol. The molecule has 0 atom stereocenters. The van der Waals surface area contributed by atoms with Crippen molar-refractivity contribution in [3.8, 4) is 33.2 Å². The van der Waals surface area contributed by atoms with E-state index in [4.69, 9.17) is 18.8 Å². The summed E-state index contributed by atoms with van der Waals surface area (Å²) < 4.78 is 16.5. The fourth-order valence-electron chi connectivity index (χ4n) is 8.93. The summed E-state index contributed by atoms with van der Waals surface area (Å²) in [7, 11) is 0. The number of para-hydroxylation sites is 3. The Balaban J connectivity index is 0.936. The van der Waals surface area contributed by atoms with E-state index in [9.17, 15) is 0 Å². The molecule has 0 N–H and O–H groups in total. The minimum atomic E-state index is -0.0288. The van der Waals surface area contributed by atoms with Gasteiger partial charge in [-0.3, -0.25) is 0 Å². The highest BCUT2D eigenvalue weighted by Gasteiger charge is 2.34. The van der Waals surface area contributed by atoms with Gasteiger partial charge in [-0.1, -0.05) is 78.9 Å². The highest BCUT2D eigenvalue weighted by molar-refractivity contribution is 7.26. The maximum Gasteiger partial charge on any atom is 0.227 e. The van der Waals surface area contributed by atoms with E-state index in [1.807, 2.05) is 30.3 Å². The summed E-state index contributed by atoms with van der Waals surface area (Å²) >= 11 is 3.52. The van der Waals surface area contributed by atoms with Gasteiger partial charge < -0.3 is 13.7 Å². The van der Waals surface area contributed by atoms with Crippen LogP contribution in [0.3, 0.4) is 0 Å². The second kappa shape index (κ2) is 12.2. The maximum absolute atomic E-state index is 6.79. The van der Waals surface area contributed by atoms with E-state index in [1.54, 1.807) is 22.7 Å². The van der Waals surface area contributed by atoms with Crippen molar-refractivity contribution in [1.29, 1.82) is 0 Å². The zero-order chi connectivity index (χ0) is 37.9. The Kier molecular flexibility index (Phi) is 6.76. The van der Waals surface area contributed by atoms with Crippen molar-refractivity contribution in [3.63, 3.8) is 0 Å². The molecule has 58 heavy (non-hydrogen) atoms. The number of fused-ring (bicyclic) bond motifs is 11. The molecule has 4 heterocycles. The summed E-state index contributed by atoms with van der Waals surface area (Å²) in [5.74, 6) is 0.638. The number of thiophene rings is 1. The number of nitrogens with zero attached hydrogens (tertiary/aromatic N) is 3. The second-order valence-electron chi connectivity index (χ2n) is 14.9. The molecule has 1 aliphatic carbocycles. The van der Waals surface area contributed by atoms with Gasteiger partial charge in [-0.15, -0.1) is 22.7 Å². The SMILES string of the molecule is c1ccc2c(c1)-c1ccccc1C2N(c1ccc(-c2nc3ccccc3s2)cc1)c1ccc2c(c1)oc1cc3c(cc12)sc1cc(-c2nc4ccccc4o2)ccc13. The van der Waals surface area contributed by atoms with E-state index in [1.165, 1.54) is 47.1 Å². The van der Waals surface area contributed by atoms with E-state index < -0.39 is 0 Å². The van der Waals surface area contributed by atoms with Crippen LogP contribution in [0.4, 0.5) is 11.4 Å². The standard InChI is InChI=1S/C51H29N3O2S2/c1-3-11-37-33(9-1)34-10-2-4-12-38(34)49(37)54(31-20-17-29(18-21-31)51-53-42-14-6-8-16-46(42)58-51)32-22-24-35-39-28-48-40(27-45(39)55-44(35)26-32)36-23-19-30(25-47(36)57-48)50-52-41-13-5-7-15-43(41)56-50/h1-28,49H. The first kappa shape index (κ1) is 32.1. The number of rotatable bonds is 5. The monoisotopic (exact) mass is 779 g/mol. The summed E-state index contributed by atoms with van der Waals surface area (Å²) in [5.41, 5.74) is 13.8. The molecule has 0 radical (unpaired) electrons. The van der Waals surface area contributed by atoms with Crippen molar-refractivity contribution in [1.82, 2.24) is 9.97 Å². The van der Waals surface area contributed by atoms with Gasteiger partial charge >= 0.3 is 0 Å². The summed E-state index contributed by atoms with van der Waals surface area (Å²) in [6, 6.07) is 60.4. The number of benzene rings is 8. The Morgan fingerprint density at radius 1 is 0.431 bits per heavy atom. The van der Waals surface area contributed by atoms with Gasteiger partial charge in [0.05, 0.1) is 16.3 Å². The molecule has 0 saturated carbocycles. The lowest BCUT2D eigenvalue weighted by atomic mass is 10.0. The van der Waals surface area contributed by atoms with Crippen LogP contribution in [0, 0.1) is 0 Å². The molecule has 0 bridgehead atoms. The number of anilines is 2. The van der Waals surface area contributed by atoms with Crippen molar-refractivity contribution in [2.75, 3.05) is 4.90 Å². The number of thiazole rings is 1. The van der Waals surface area contributed by atoms with E-state index in [0.717, 1.165) is 66.1 Å². The van der Waals surface area contributed by atoms with Gasteiger partial charge in [-0.25, -0.2) is 9.97 Å². The summed E-state index contributed by atoms with van der Waals surface area (Å²) in [4.78, 5) is 12.2.